The minimum Gasteiger partial charge on any atom is -0.381 e. The summed E-state index contributed by atoms with van der Waals surface area (Å²) in [6.07, 6.45) is 1.63. The molecule has 2 nitrogen and oxygen atoms in total. The van der Waals surface area contributed by atoms with Crippen molar-refractivity contribution in [3.63, 3.8) is 0 Å². The molecule has 0 saturated heterocycles. The first kappa shape index (κ1) is 11.9. The topological polar surface area (TPSA) is 24.9 Å². The number of nitrogens with one attached hydrogen (secondary N) is 1. The molecule has 0 aliphatic rings. The van der Waals surface area contributed by atoms with Crippen LogP contribution in [0.2, 0.25) is 5.15 Å². The van der Waals surface area contributed by atoms with Gasteiger partial charge in [-0.1, -0.05) is 17.7 Å². The molecule has 0 amide bonds. The summed E-state index contributed by atoms with van der Waals surface area (Å²) >= 11 is 5.77. The summed E-state index contributed by atoms with van der Waals surface area (Å²) in [7, 11) is 0. The highest BCUT2D eigenvalue weighted by Gasteiger charge is 2.01. The van der Waals surface area contributed by atoms with Gasteiger partial charge in [0.05, 0.1) is 0 Å². The predicted molar refractivity (Wildman–Crippen MR) is 67.7 cm³/mol. The number of aryl methyl sites for hydroxylation is 1. The van der Waals surface area contributed by atoms with Crippen molar-refractivity contribution in [2.75, 3.05) is 5.32 Å². The molecule has 1 aromatic heterocycles. The first-order chi connectivity index (χ1) is 8.15. The van der Waals surface area contributed by atoms with Crippen molar-refractivity contribution in [3.8, 4) is 0 Å². The van der Waals surface area contributed by atoms with Gasteiger partial charge in [0.25, 0.3) is 0 Å². The van der Waals surface area contributed by atoms with Crippen LogP contribution in [0.5, 0.6) is 0 Å². The summed E-state index contributed by atoms with van der Waals surface area (Å²) in [5, 5.41) is 3.61. The standard InChI is InChI=1S/C13H12ClFN2/c1-9-2-3-11(15)6-10(9)8-17-12-4-5-16-13(14)7-12/h2-7H,8H2,1H3,(H,16,17). The van der Waals surface area contributed by atoms with Crippen LogP contribution < -0.4 is 5.32 Å². The van der Waals surface area contributed by atoms with Crippen molar-refractivity contribution in [1.82, 2.24) is 4.98 Å². The number of nitrogens with zero attached hydrogens (tertiary/aromatic N) is 1. The molecule has 88 valence electrons. The monoisotopic (exact) mass is 250 g/mol. The Morgan fingerprint density at radius 2 is 2.12 bits per heavy atom. The van der Waals surface area contributed by atoms with E-state index in [9.17, 15) is 4.39 Å². The normalized spacial score (nSPS) is 10.3. The zero-order valence-electron chi connectivity index (χ0n) is 9.37. The molecule has 0 atom stereocenters. The SMILES string of the molecule is Cc1ccc(F)cc1CNc1ccnc(Cl)c1. The molecule has 4 heteroatoms. The minimum absolute atomic E-state index is 0.222. The first-order valence-electron chi connectivity index (χ1n) is 5.25. The van der Waals surface area contributed by atoms with Gasteiger partial charge >= 0.3 is 0 Å². The van der Waals surface area contributed by atoms with E-state index in [1.807, 2.05) is 13.0 Å². The van der Waals surface area contributed by atoms with Gasteiger partial charge < -0.3 is 5.32 Å². The average molecular weight is 251 g/mol. The third kappa shape index (κ3) is 3.17. The Kier molecular flexibility index (Phi) is 3.59. The molecule has 0 aliphatic carbocycles. The number of halogens is 2. The van der Waals surface area contributed by atoms with Crippen molar-refractivity contribution in [2.24, 2.45) is 0 Å². The molecule has 1 aromatic carbocycles. The van der Waals surface area contributed by atoms with Gasteiger partial charge in [-0.25, -0.2) is 9.37 Å². The van der Waals surface area contributed by atoms with Crippen LogP contribution in [0.3, 0.4) is 0 Å². The number of hydrogen-bond donors (Lipinski definition) is 1. The van der Waals surface area contributed by atoms with Crippen molar-refractivity contribution >= 4 is 17.3 Å². The fourth-order valence-corrected chi connectivity index (χ4v) is 1.71. The molecule has 2 rings (SSSR count). The van der Waals surface area contributed by atoms with E-state index in [2.05, 4.69) is 10.3 Å². The van der Waals surface area contributed by atoms with Crippen molar-refractivity contribution in [3.05, 3.63) is 58.6 Å². The maximum Gasteiger partial charge on any atom is 0.131 e. The zero-order chi connectivity index (χ0) is 12.3. The molecule has 0 unspecified atom stereocenters. The Morgan fingerprint density at radius 3 is 2.88 bits per heavy atom. The Hall–Kier alpha value is -1.61. The third-order valence-corrected chi connectivity index (χ3v) is 2.73. The molecule has 1 N–H and O–H groups in total. The van der Waals surface area contributed by atoms with Crippen LogP contribution in [-0.4, -0.2) is 4.98 Å². The summed E-state index contributed by atoms with van der Waals surface area (Å²) < 4.78 is 13.1. The smallest absolute Gasteiger partial charge is 0.131 e. The third-order valence-electron chi connectivity index (χ3n) is 2.52. The van der Waals surface area contributed by atoms with E-state index in [-0.39, 0.29) is 5.82 Å². The second-order valence-electron chi connectivity index (χ2n) is 3.79. The van der Waals surface area contributed by atoms with Crippen LogP contribution in [0.4, 0.5) is 10.1 Å². The second-order valence-corrected chi connectivity index (χ2v) is 4.18. The molecule has 2 aromatic rings. The van der Waals surface area contributed by atoms with Gasteiger partial charge in [-0.3, -0.25) is 0 Å². The van der Waals surface area contributed by atoms with E-state index in [1.165, 1.54) is 12.1 Å². The molecular formula is C13H12ClFN2. The lowest BCUT2D eigenvalue weighted by Crippen LogP contribution is -2.02. The van der Waals surface area contributed by atoms with Gasteiger partial charge in [-0.15, -0.1) is 0 Å². The Labute approximate surface area is 104 Å². The van der Waals surface area contributed by atoms with Crippen LogP contribution in [0, 0.1) is 12.7 Å². The lowest BCUT2D eigenvalue weighted by atomic mass is 10.1. The van der Waals surface area contributed by atoms with Gasteiger partial charge in [0.1, 0.15) is 11.0 Å². The molecule has 0 radical (unpaired) electrons. The molecule has 1 heterocycles. The minimum atomic E-state index is -0.222. The average Bonchev–Trinajstić information content (AvgIpc) is 2.30. The molecule has 0 bridgehead atoms. The number of aromatic nitrogens is 1. The van der Waals surface area contributed by atoms with E-state index in [0.29, 0.717) is 11.7 Å². The summed E-state index contributed by atoms with van der Waals surface area (Å²) in [4.78, 5) is 3.89. The van der Waals surface area contributed by atoms with Gasteiger partial charge in [-0.05, 0) is 42.3 Å². The maximum absolute atomic E-state index is 13.1. The summed E-state index contributed by atoms with van der Waals surface area (Å²) in [6.45, 7) is 2.51. The van der Waals surface area contributed by atoms with E-state index >= 15 is 0 Å². The van der Waals surface area contributed by atoms with E-state index in [0.717, 1.165) is 16.8 Å². The summed E-state index contributed by atoms with van der Waals surface area (Å²) in [6, 6.07) is 8.32. The molecule has 0 saturated carbocycles. The lowest BCUT2D eigenvalue weighted by molar-refractivity contribution is 0.625. The quantitative estimate of drug-likeness (QED) is 0.839. The van der Waals surface area contributed by atoms with Crippen LogP contribution >= 0.6 is 11.6 Å². The lowest BCUT2D eigenvalue weighted by Gasteiger charge is -2.09. The van der Waals surface area contributed by atoms with Gasteiger partial charge in [0.15, 0.2) is 0 Å². The number of hydrogen-bond acceptors (Lipinski definition) is 2. The van der Waals surface area contributed by atoms with Gasteiger partial charge in [0, 0.05) is 18.4 Å². The Morgan fingerprint density at radius 1 is 1.29 bits per heavy atom. The van der Waals surface area contributed by atoms with Crippen LogP contribution in [-0.2, 0) is 6.54 Å². The highest BCUT2D eigenvalue weighted by Crippen LogP contribution is 2.15. The highest BCUT2D eigenvalue weighted by molar-refractivity contribution is 6.29. The number of benzene rings is 1. The molecule has 0 aliphatic heterocycles. The maximum atomic E-state index is 13.1. The van der Waals surface area contributed by atoms with Crippen molar-refractivity contribution in [1.29, 1.82) is 0 Å². The first-order valence-corrected chi connectivity index (χ1v) is 5.63. The molecule has 17 heavy (non-hydrogen) atoms. The fourth-order valence-electron chi connectivity index (χ4n) is 1.54. The van der Waals surface area contributed by atoms with Gasteiger partial charge in [-0.2, -0.15) is 0 Å². The van der Waals surface area contributed by atoms with E-state index < -0.39 is 0 Å². The number of rotatable bonds is 3. The molecule has 0 spiro atoms. The fraction of sp³-hybridized carbons (Fsp3) is 0.154. The van der Waals surface area contributed by atoms with Gasteiger partial charge in [0.2, 0.25) is 0 Å². The zero-order valence-corrected chi connectivity index (χ0v) is 10.1. The summed E-state index contributed by atoms with van der Waals surface area (Å²) in [5.74, 6) is -0.222. The Bertz CT molecular complexity index is 529. The van der Waals surface area contributed by atoms with Crippen LogP contribution in [0.25, 0.3) is 0 Å². The number of anilines is 1. The Balaban J connectivity index is 2.09. The van der Waals surface area contributed by atoms with Crippen molar-refractivity contribution < 1.29 is 4.39 Å². The van der Waals surface area contributed by atoms with Crippen molar-refractivity contribution in [2.45, 2.75) is 13.5 Å². The number of pyridine rings is 1. The highest BCUT2D eigenvalue weighted by atomic mass is 35.5. The second kappa shape index (κ2) is 5.15. The summed E-state index contributed by atoms with van der Waals surface area (Å²) in [5.41, 5.74) is 2.85. The predicted octanol–water partition coefficient (Wildman–Crippen LogP) is 3.79. The molecule has 0 fully saturated rings. The van der Waals surface area contributed by atoms with Crippen LogP contribution in [0.1, 0.15) is 11.1 Å². The largest absolute Gasteiger partial charge is 0.381 e. The van der Waals surface area contributed by atoms with E-state index in [1.54, 1.807) is 18.3 Å². The molecular weight excluding hydrogens is 239 g/mol. The van der Waals surface area contributed by atoms with E-state index in [4.69, 9.17) is 11.6 Å². The van der Waals surface area contributed by atoms with Crippen LogP contribution in [0.15, 0.2) is 36.5 Å².